The van der Waals surface area contributed by atoms with E-state index in [4.69, 9.17) is 4.74 Å². The second kappa shape index (κ2) is 5.72. The predicted octanol–water partition coefficient (Wildman–Crippen LogP) is 0.330. The van der Waals surface area contributed by atoms with Crippen molar-refractivity contribution >= 4 is 0 Å². The van der Waals surface area contributed by atoms with Crippen molar-refractivity contribution in [2.75, 3.05) is 13.7 Å². The molecule has 0 aliphatic heterocycles. The molecule has 0 aliphatic carbocycles. The van der Waals surface area contributed by atoms with Gasteiger partial charge in [0.1, 0.15) is 12.2 Å². The molecule has 1 atom stereocenters. The second-order valence-corrected chi connectivity index (χ2v) is 3.24. The molecule has 0 aromatic carbocycles. The average molecular weight is 198 g/mol. The lowest BCUT2D eigenvalue weighted by Gasteiger charge is -2.15. The highest BCUT2D eigenvalue weighted by Crippen LogP contribution is 1.95. The number of hydrogen-bond acceptors (Lipinski definition) is 4. The van der Waals surface area contributed by atoms with E-state index in [1.165, 1.54) is 0 Å². The molecule has 0 spiro atoms. The van der Waals surface area contributed by atoms with E-state index in [2.05, 4.69) is 22.3 Å². The predicted molar refractivity (Wildman–Crippen MR) is 53.8 cm³/mol. The van der Waals surface area contributed by atoms with Crippen molar-refractivity contribution in [2.45, 2.75) is 25.9 Å². The second-order valence-electron chi connectivity index (χ2n) is 3.24. The van der Waals surface area contributed by atoms with Crippen molar-refractivity contribution in [3.8, 4) is 0 Å². The first-order chi connectivity index (χ1) is 6.77. The van der Waals surface area contributed by atoms with Gasteiger partial charge in [0.25, 0.3) is 0 Å². The number of aryl methyl sites for hydroxylation is 1. The Hall–Kier alpha value is -0.940. The molecule has 0 aliphatic rings. The third kappa shape index (κ3) is 3.08. The number of hydrogen-bond donors (Lipinski definition) is 1. The van der Waals surface area contributed by atoms with Gasteiger partial charge in [-0.1, -0.05) is 6.92 Å². The summed E-state index contributed by atoms with van der Waals surface area (Å²) >= 11 is 0. The quantitative estimate of drug-likeness (QED) is 0.715. The van der Waals surface area contributed by atoms with Gasteiger partial charge in [0.05, 0.1) is 13.2 Å². The van der Waals surface area contributed by atoms with Crippen LogP contribution in [0.25, 0.3) is 0 Å². The van der Waals surface area contributed by atoms with Crippen LogP contribution in [0, 0.1) is 0 Å². The normalized spacial score (nSPS) is 13.1. The molecule has 1 aromatic heterocycles. The van der Waals surface area contributed by atoms with Crippen LogP contribution in [0.1, 0.15) is 19.2 Å². The molecule has 5 heteroatoms. The number of methoxy groups -OCH3 is 1. The van der Waals surface area contributed by atoms with Gasteiger partial charge >= 0.3 is 0 Å². The molecular weight excluding hydrogens is 180 g/mol. The van der Waals surface area contributed by atoms with Crippen molar-refractivity contribution < 1.29 is 4.74 Å². The summed E-state index contributed by atoms with van der Waals surface area (Å²) in [6.45, 7) is 3.60. The zero-order valence-electron chi connectivity index (χ0n) is 9.03. The van der Waals surface area contributed by atoms with E-state index in [1.807, 2.05) is 7.05 Å². The van der Waals surface area contributed by atoms with E-state index < -0.39 is 0 Å². The first-order valence-electron chi connectivity index (χ1n) is 4.83. The van der Waals surface area contributed by atoms with Gasteiger partial charge in [0.2, 0.25) is 0 Å². The van der Waals surface area contributed by atoms with Crippen LogP contribution in [0.2, 0.25) is 0 Å². The molecule has 0 fully saturated rings. The lowest BCUT2D eigenvalue weighted by Crippen LogP contribution is -2.32. The summed E-state index contributed by atoms with van der Waals surface area (Å²) in [5, 5.41) is 7.37. The molecular formula is C9H18N4O. The highest BCUT2D eigenvalue weighted by atomic mass is 16.5. The zero-order chi connectivity index (χ0) is 10.4. The third-order valence-corrected chi connectivity index (χ3v) is 2.21. The van der Waals surface area contributed by atoms with Gasteiger partial charge in [-0.25, -0.2) is 4.98 Å². The van der Waals surface area contributed by atoms with E-state index >= 15 is 0 Å². The van der Waals surface area contributed by atoms with E-state index in [1.54, 1.807) is 18.1 Å². The van der Waals surface area contributed by atoms with Crippen LogP contribution in [0.5, 0.6) is 0 Å². The molecule has 1 rings (SSSR count). The average Bonchev–Trinajstić information content (AvgIpc) is 2.59. The highest BCUT2D eigenvalue weighted by Gasteiger charge is 2.06. The molecule has 1 unspecified atom stereocenters. The molecule has 5 nitrogen and oxygen atoms in total. The number of aromatic nitrogens is 3. The summed E-state index contributed by atoms with van der Waals surface area (Å²) < 4.78 is 6.86. The van der Waals surface area contributed by atoms with Gasteiger partial charge in [-0.2, -0.15) is 5.10 Å². The van der Waals surface area contributed by atoms with Gasteiger partial charge in [0.15, 0.2) is 0 Å². The summed E-state index contributed by atoms with van der Waals surface area (Å²) in [4.78, 5) is 4.13. The Balaban J connectivity index is 2.35. The summed E-state index contributed by atoms with van der Waals surface area (Å²) in [6.07, 6.45) is 2.61. The lowest BCUT2D eigenvalue weighted by atomic mass is 10.2. The van der Waals surface area contributed by atoms with Gasteiger partial charge in [0, 0.05) is 20.2 Å². The van der Waals surface area contributed by atoms with Gasteiger partial charge in [-0.3, -0.25) is 4.68 Å². The van der Waals surface area contributed by atoms with Crippen molar-refractivity contribution in [2.24, 2.45) is 7.05 Å². The van der Waals surface area contributed by atoms with Crippen LogP contribution in [0.4, 0.5) is 0 Å². The maximum Gasteiger partial charge on any atom is 0.140 e. The van der Waals surface area contributed by atoms with Gasteiger partial charge < -0.3 is 10.1 Å². The van der Waals surface area contributed by atoms with Crippen LogP contribution in [-0.4, -0.2) is 34.5 Å². The summed E-state index contributed by atoms with van der Waals surface area (Å²) in [5.41, 5.74) is 0. The zero-order valence-corrected chi connectivity index (χ0v) is 9.03. The monoisotopic (exact) mass is 198 g/mol. The van der Waals surface area contributed by atoms with E-state index in [9.17, 15) is 0 Å². The molecule has 0 saturated heterocycles. The Morgan fingerprint density at radius 1 is 1.64 bits per heavy atom. The first-order valence-corrected chi connectivity index (χ1v) is 4.83. The summed E-state index contributed by atoms with van der Waals surface area (Å²) in [6, 6.07) is 0.386. The van der Waals surface area contributed by atoms with Gasteiger partial charge in [-0.15, -0.1) is 0 Å². The largest absolute Gasteiger partial charge is 0.383 e. The van der Waals surface area contributed by atoms with Crippen LogP contribution in [0.3, 0.4) is 0 Å². The molecule has 80 valence electrons. The minimum Gasteiger partial charge on any atom is -0.383 e. The lowest BCUT2D eigenvalue weighted by molar-refractivity contribution is 0.163. The highest BCUT2D eigenvalue weighted by molar-refractivity contribution is 4.83. The first kappa shape index (κ1) is 11.1. The molecule has 1 aromatic rings. The van der Waals surface area contributed by atoms with Crippen LogP contribution >= 0.6 is 0 Å². The van der Waals surface area contributed by atoms with E-state index in [0.29, 0.717) is 6.04 Å². The smallest absolute Gasteiger partial charge is 0.140 e. The molecule has 0 saturated carbocycles. The maximum atomic E-state index is 5.09. The van der Waals surface area contributed by atoms with Crippen LogP contribution in [0.15, 0.2) is 6.33 Å². The maximum absolute atomic E-state index is 5.09. The Labute approximate surface area is 84.5 Å². The number of rotatable bonds is 6. The molecule has 0 bridgehead atoms. The minimum absolute atomic E-state index is 0.386. The standard InChI is InChI=1S/C9H18N4O/c1-4-8(6-14-3)10-5-9-11-7-12-13(9)2/h7-8,10H,4-6H2,1-3H3. The molecule has 14 heavy (non-hydrogen) atoms. The van der Waals surface area contributed by atoms with E-state index in [0.717, 1.165) is 25.4 Å². The fourth-order valence-corrected chi connectivity index (χ4v) is 1.24. The number of nitrogens with zero attached hydrogens (tertiary/aromatic N) is 3. The van der Waals surface area contributed by atoms with Crippen molar-refractivity contribution in [3.05, 3.63) is 12.2 Å². The summed E-state index contributed by atoms with van der Waals surface area (Å²) in [5.74, 6) is 0.944. The van der Waals surface area contributed by atoms with E-state index in [-0.39, 0.29) is 0 Å². The van der Waals surface area contributed by atoms with Crippen LogP contribution in [-0.2, 0) is 18.3 Å². The number of ether oxygens (including phenoxy) is 1. The van der Waals surface area contributed by atoms with Crippen molar-refractivity contribution in [3.63, 3.8) is 0 Å². The minimum atomic E-state index is 0.386. The summed E-state index contributed by atoms with van der Waals surface area (Å²) in [7, 11) is 3.61. The Morgan fingerprint density at radius 2 is 2.43 bits per heavy atom. The molecule has 1 N–H and O–H groups in total. The molecule has 0 amide bonds. The Morgan fingerprint density at radius 3 is 2.93 bits per heavy atom. The SMILES string of the molecule is CCC(COC)NCc1ncnn1C. The third-order valence-electron chi connectivity index (χ3n) is 2.21. The Bertz CT molecular complexity index is 261. The fourth-order valence-electron chi connectivity index (χ4n) is 1.24. The van der Waals surface area contributed by atoms with Crippen molar-refractivity contribution in [1.82, 2.24) is 20.1 Å². The number of nitrogens with one attached hydrogen (secondary N) is 1. The molecule has 0 radical (unpaired) electrons. The fraction of sp³-hybridized carbons (Fsp3) is 0.778. The Kier molecular flexibility index (Phi) is 4.55. The topological polar surface area (TPSA) is 52.0 Å². The van der Waals surface area contributed by atoms with Crippen LogP contribution < -0.4 is 5.32 Å². The molecule has 1 heterocycles. The van der Waals surface area contributed by atoms with Crippen molar-refractivity contribution in [1.29, 1.82) is 0 Å². The van der Waals surface area contributed by atoms with Gasteiger partial charge in [-0.05, 0) is 6.42 Å².